The molecule has 3 aromatic carbocycles. The Morgan fingerprint density at radius 1 is 0.939 bits per heavy atom. The zero-order valence-electron chi connectivity index (χ0n) is 19.0. The van der Waals surface area contributed by atoms with E-state index < -0.39 is 5.76 Å². The van der Waals surface area contributed by atoms with Crippen molar-refractivity contribution in [1.29, 1.82) is 0 Å². The van der Waals surface area contributed by atoms with Crippen LogP contribution in [-0.4, -0.2) is 10.5 Å². The number of rotatable bonds is 8. The first kappa shape index (κ1) is 22.7. The monoisotopic (exact) mass is 445 g/mol. The highest BCUT2D eigenvalue weighted by Gasteiger charge is 2.25. The van der Waals surface area contributed by atoms with Crippen LogP contribution in [-0.2, 0) is 6.42 Å². The predicted molar refractivity (Wildman–Crippen MR) is 129 cm³/mol. The molecule has 0 aliphatic carbocycles. The third-order valence-electron chi connectivity index (χ3n) is 6.05. The number of nitrogens with zero attached hydrogens (tertiary/aromatic N) is 1. The second-order valence-electron chi connectivity index (χ2n) is 9.32. The van der Waals surface area contributed by atoms with E-state index in [1.54, 1.807) is 24.3 Å². The Kier molecular flexibility index (Phi) is 6.59. The van der Waals surface area contributed by atoms with E-state index in [-0.39, 0.29) is 23.6 Å². The van der Waals surface area contributed by atoms with Crippen LogP contribution < -0.4 is 5.76 Å². The number of aromatic nitrogens is 1. The molecule has 0 N–H and O–H groups in total. The number of fused-ring (bicyclic) bond motifs is 1. The minimum Gasteiger partial charge on any atom is -0.407 e. The number of carbonyl (C=O) groups is 1. The lowest BCUT2D eigenvalue weighted by atomic mass is 9.83. The van der Waals surface area contributed by atoms with Crippen molar-refractivity contribution in [3.8, 4) is 11.1 Å². The van der Waals surface area contributed by atoms with Crippen molar-refractivity contribution in [3.05, 3.63) is 94.7 Å². The molecule has 5 heteroatoms. The van der Waals surface area contributed by atoms with Crippen molar-refractivity contribution in [1.82, 2.24) is 4.57 Å². The number of aryl methyl sites for hydroxylation is 1. The summed E-state index contributed by atoms with van der Waals surface area (Å²) in [5.41, 5.74) is 3.48. The summed E-state index contributed by atoms with van der Waals surface area (Å²) >= 11 is 0. The van der Waals surface area contributed by atoms with Crippen LogP contribution in [0.1, 0.15) is 49.9 Å². The number of hydrogen-bond donors (Lipinski definition) is 0. The molecule has 4 aromatic rings. The molecular weight excluding hydrogens is 417 g/mol. The van der Waals surface area contributed by atoms with Gasteiger partial charge in [-0.2, -0.15) is 0 Å². The van der Waals surface area contributed by atoms with Gasteiger partial charge in [-0.1, -0.05) is 68.8 Å². The molecule has 0 aliphatic heterocycles. The number of carbonyl (C=O) groups excluding carboxylic acids is 1. The lowest BCUT2D eigenvalue weighted by Gasteiger charge is -2.23. The molecule has 33 heavy (non-hydrogen) atoms. The minimum atomic E-state index is -0.675. The van der Waals surface area contributed by atoms with Crippen LogP contribution in [0.15, 0.2) is 82.0 Å². The van der Waals surface area contributed by atoms with Crippen LogP contribution in [0.5, 0.6) is 0 Å². The highest BCUT2D eigenvalue weighted by Crippen LogP contribution is 2.30. The molecule has 1 aromatic heterocycles. The SMILES string of the molecule is CC(C)(CCCCc1ccccc1)CC(=O)n1c(=O)oc2cc(-c3ccc(F)cc3)ccc21. The predicted octanol–water partition coefficient (Wildman–Crippen LogP) is 6.87. The Labute approximate surface area is 192 Å². The van der Waals surface area contributed by atoms with Gasteiger partial charge in [0.15, 0.2) is 5.58 Å². The van der Waals surface area contributed by atoms with Gasteiger partial charge in [0.25, 0.3) is 0 Å². The third-order valence-corrected chi connectivity index (χ3v) is 6.05. The van der Waals surface area contributed by atoms with Gasteiger partial charge in [0.2, 0.25) is 5.91 Å². The van der Waals surface area contributed by atoms with E-state index in [9.17, 15) is 14.0 Å². The molecule has 0 atom stereocenters. The van der Waals surface area contributed by atoms with Crippen molar-refractivity contribution < 1.29 is 13.6 Å². The van der Waals surface area contributed by atoms with Gasteiger partial charge < -0.3 is 4.42 Å². The molecule has 0 aliphatic rings. The molecule has 0 fully saturated rings. The fourth-order valence-corrected chi connectivity index (χ4v) is 4.23. The zero-order chi connectivity index (χ0) is 23.4. The normalized spacial score (nSPS) is 11.7. The van der Waals surface area contributed by atoms with Gasteiger partial charge in [0.1, 0.15) is 5.82 Å². The lowest BCUT2D eigenvalue weighted by molar-refractivity contribution is 0.0836. The molecule has 0 radical (unpaired) electrons. The molecule has 0 unspecified atom stereocenters. The van der Waals surface area contributed by atoms with Crippen molar-refractivity contribution in [3.63, 3.8) is 0 Å². The quantitative estimate of drug-likeness (QED) is 0.278. The average Bonchev–Trinajstić information content (AvgIpc) is 3.12. The summed E-state index contributed by atoms with van der Waals surface area (Å²) < 4.78 is 19.7. The molecule has 0 spiro atoms. The molecule has 0 bridgehead atoms. The Morgan fingerprint density at radius 2 is 1.64 bits per heavy atom. The summed E-state index contributed by atoms with van der Waals surface area (Å²) in [6.45, 7) is 4.13. The molecule has 0 amide bonds. The van der Waals surface area contributed by atoms with Crippen molar-refractivity contribution in [2.45, 2.75) is 46.0 Å². The number of unbranched alkanes of at least 4 members (excludes halogenated alkanes) is 1. The lowest BCUT2D eigenvalue weighted by Crippen LogP contribution is -2.27. The number of oxazole rings is 1. The Hall–Kier alpha value is -3.47. The van der Waals surface area contributed by atoms with E-state index in [4.69, 9.17) is 4.42 Å². The van der Waals surface area contributed by atoms with Gasteiger partial charge in [-0.15, -0.1) is 0 Å². The summed E-state index contributed by atoms with van der Waals surface area (Å²) in [5, 5.41) is 0. The highest BCUT2D eigenvalue weighted by atomic mass is 19.1. The van der Waals surface area contributed by atoms with Crippen LogP contribution in [0.4, 0.5) is 4.39 Å². The first-order valence-electron chi connectivity index (χ1n) is 11.3. The van der Waals surface area contributed by atoms with Crippen LogP contribution in [0.3, 0.4) is 0 Å². The first-order valence-corrected chi connectivity index (χ1v) is 11.3. The third kappa shape index (κ3) is 5.48. The van der Waals surface area contributed by atoms with Crippen molar-refractivity contribution in [2.75, 3.05) is 0 Å². The van der Waals surface area contributed by atoms with E-state index in [2.05, 4.69) is 26.0 Å². The first-order chi connectivity index (χ1) is 15.8. The molecule has 4 rings (SSSR count). The summed E-state index contributed by atoms with van der Waals surface area (Å²) in [4.78, 5) is 25.6. The largest absolute Gasteiger partial charge is 0.426 e. The summed E-state index contributed by atoms with van der Waals surface area (Å²) in [5.74, 6) is -1.25. The summed E-state index contributed by atoms with van der Waals surface area (Å²) in [6.07, 6.45) is 4.24. The number of benzene rings is 3. The second kappa shape index (κ2) is 9.57. The van der Waals surface area contributed by atoms with Crippen LogP contribution >= 0.6 is 0 Å². The molecule has 0 saturated heterocycles. The maximum absolute atomic E-state index is 13.2. The Balaban J connectivity index is 1.44. The van der Waals surface area contributed by atoms with Crippen LogP contribution in [0, 0.1) is 11.2 Å². The molecule has 0 saturated carbocycles. The maximum Gasteiger partial charge on any atom is 0.426 e. The minimum absolute atomic E-state index is 0.231. The van der Waals surface area contributed by atoms with Gasteiger partial charge in [0, 0.05) is 6.42 Å². The molecular formula is C28H28FNO3. The standard InChI is InChI=1S/C28H28FNO3/c1-28(2,17-7-6-10-20-8-4-3-5-9-20)19-26(31)30-24-16-13-22(18-25(24)33-27(30)32)21-11-14-23(29)15-12-21/h3-5,8-9,11-16,18H,6-7,10,17,19H2,1-2H3. The second-order valence-corrected chi connectivity index (χ2v) is 9.32. The summed E-state index contributed by atoms with van der Waals surface area (Å²) in [7, 11) is 0. The van der Waals surface area contributed by atoms with Gasteiger partial charge in [-0.05, 0) is 65.6 Å². The van der Waals surface area contributed by atoms with Gasteiger partial charge in [-0.3, -0.25) is 4.79 Å². The van der Waals surface area contributed by atoms with E-state index in [1.165, 1.54) is 17.7 Å². The topological polar surface area (TPSA) is 52.2 Å². The Morgan fingerprint density at radius 3 is 2.36 bits per heavy atom. The zero-order valence-corrected chi connectivity index (χ0v) is 19.0. The fraction of sp³-hybridized carbons (Fsp3) is 0.286. The number of halogens is 1. The van der Waals surface area contributed by atoms with Crippen molar-refractivity contribution >= 4 is 17.0 Å². The van der Waals surface area contributed by atoms with Crippen LogP contribution in [0.2, 0.25) is 0 Å². The van der Waals surface area contributed by atoms with E-state index in [0.717, 1.165) is 41.4 Å². The molecule has 1 heterocycles. The molecule has 170 valence electrons. The number of hydrogen-bond acceptors (Lipinski definition) is 3. The van der Waals surface area contributed by atoms with E-state index in [0.29, 0.717) is 11.1 Å². The summed E-state index contributed by atoms with van der Waals surface area (Å²) in [6, 6.07) is 21.7. The highest BCUT2D eigenvalue weighted by molar-refractivity contribution is 5.91. The van der Waals surface area contributed by atoms with Gasteiger partial charge in [0.05, 0.1) is 5.52 Å². The fourth-order valence-electron chi connectivity index (χ4n) is 4.23. The average molecular weight is 446 g/mol. The van der Waals surface area contributed by atoms with E-state index in [1.807, 2.05) is 24.3 Å². The van der Waals surface area contributed by atoms with Crippen LogP contribution in [0.25, 0.3) is 22.2 Å². The van der Waals surface area contributed by atoms with E-state index >= 15 is 0 Å². The Bertz CT molecular complexity index is 1300. The molecule has 4 nitrogen and oxygen atoms in total. The smallest absolute Gasteiger partial charge is 0.407 e. The van der Waals surface area contributed by atoms with Crippen molar-refractivity contribution in [2.24, 2.45) is 5.41 Å². The van der Waals surface area contributed by atoms with Gasteiger partial charge >= 0.3 is 5.76 Å². The van der Waals surface area contributed by atoms with Gasteiger partial charge in [-0.25, -0.2) is 13.8 Å². The maximum atomic E-state index is 13.2.